The molecule has 4 heterocycles. The first-order valence-corrected chi connectivity index (χ1v) is 17.2. The summed E-state index contributed by atoms with van der Waals surface area (Å²) in [6, 6.07) is 19.0. The molecule has 0 amide bonds. The number of carbonyl (C=O) groups excluding carboxylic acids is 2. The van der Waals surface area contributed by atoms with E-state index in [1.165, 1.54) is 30.1 Å². The van der Waals surface area contributed by atoms with Gasteiger partial charge in [-0.1, -0.05) is 23.8 Å². The van der Waals surface area contributed by atoms with Crippen LogP contribution in [0.3, 0.4) is 0 Å². The fourth-order valence-electron chi connectivity index (χ4n) is 6.99. The van der Waals surface area contributed by atoms with E-state index in [1.54, 1.807) is 45.8 Å². The van der Waals surface area contributed by atoms with Crippen molar-refractivity contribution in [3.63, 3.8) is 0 Å². The van der Waals surface area contributed by atoms with E-state index in [1.807, 2.05) is 19.1 Å². The van der Waals surface area contributed by atoms with Gasteiger partial charge in [0.25, 0.3) is 0 Å². The van der Waals surface area contributed by atoms with Gasteiger partial charge in [-0.25, -0.2) is 0 Å². The van der Waals surface area contributed by atoms with Crippen LogP contribution in [0.2, 0.25) is 0 Å². The maximum absolute atomic E-state index is 14.0. The van der Waals surface area contributed by atoms with Gasteiger partial charge in [-0.05, 0) is 90.7 Å². The molecule has 1 aliphatic heterocycles. The molecule has 204 valence electrons. The van der Waals surface area contributed by atoms with E-state index < -0.39 is 0 Å². The Morgan fingerprint density at radius 3 is 2.26 bits per heavy atom. The van der Waals surface area contributed by atoms with Crippen molar-refractivity contribution in [2.75, 3.05) is 5.73 Å². The Kier molecular flexibility index (Phi) is 5.09. The molecule has 2 atom stereocenters. The van der Waals surface area contributed by atoms with Crippen LogP contribution in [0.1, 0.15) is 58.7 Å². The lowest BCUT2D eigenvalue weighted by Gasteiger charge is -2.17. The minimum Gasteiger partial charge on any atom is -0.399 e. The summed E-state index contributed by atoms with van der Waals surface area (Å²) < 4.78 is 2.44. The number of hydrogen-bond donors (Lipinski definition) is 1. The number of carbonyl (C=O) groups is 2. The summed E-state index contributed by atoms with van der Waals surface area (Å²) in [5, 5.41) is 2.37. The minimum atomic E-state index is -0.203. The van der Waals surface area contributed by atoms with Crippen molar-refractivity contribution < 1.29 is 9.59 Å². The molecular weight excluding hydrogens is 595 g/mol. The quantitative estimate of drug-likeness (QED) is 0.196. The average Bonchev–Trinajstić information content (AvgIpc) is 3.78. The third kappa shape index (κ3) is 3.28. The average molecular weight is 618 g/mol. The third-order valence-corrected chi connectivity index (χ3v) is 14.1. The number of thioether (sulfide) groups is 1. The number of fused-ring (bicyclic) bond motifs is 8. The van der Waals surface area contributed by atoms with Crippen molar-refractivity contribution in [2.24, 2.45) is 5.92 Å². The first-order valence-electron chi connectivity index (χ1n) is 13.9. The molecular formula is C35H23NO2S4. The molecule has 42 heavy (non-hydrogen) atoms. The molecule has 0 bridgehead atoms. The summed E-state index contributed by atoms with van der Waals surface area (Å²) in [7, 11) is 0. The SMILES string of the molecule is Cc1ccc2sc(-c3cc4c(s3)-c3c(C)c5c(c(C)c3C4=O)C3SC(c4cc6cc(N)ccc6s4)=CC3C5=O)cc2c1. The van der Waals surface area contributed by atoms with Crippen LogP contribution in [-0.4, -0.2) is 11.6 Å². The van der Waals surface area contributed by atoms with Gasteiger partial charge in [0.1, 0.15) is 0 Å². The molecule has 3 nitrogen and oxygen atoms in total. The summed E-state index contributed by atoms with van der Waals surface area (Å²) in [6.45, 7) is 6.21. The Labute approximate surface area is 258 Å². The largest absolute Gasteiger partial charge is 0.399 e. The molecule has 9 rings (SSSR count). The Morgan fingerprint density at radius 2 is 1.43 bits per heavy atom. The van der Waals surface area contributed by atoms with Crippen LogP contribution in [0.25, 0.3) is 45.3 Å². The smallest absolute Gasteiger partial charge is 0.195 e. The van der Waals surface area contributed by atoms with Gasteiger partial charge >= 0.3 is 0 Å². The van der Waals surface area contributed by atoms with E-state index in [9.17, 15) is 9.59 Å². The van der Waals surface area contributed by atoms with Crippen LogP contribution in [0.4, 0.5) is 5.69 Å². The molecule has 0 saturated carbocycles. The zero-order chi connectivity index (χ0) is 28.6. The van der Waals surface area contributed by atoms with Gasteiger partial charge in [-0.15, -0.1) is 45.8 Å². The van der Waals surface area contributed by atoms with Gasteiger partial charge in [0.15, 0.2) is 11.6 Å². The van der Waals surface area contributed by atoms with Crippen molar-refractivity contribution >= 4 is 88.1 Å². The van der Waals surface area contributed by atoms with E-state index in [4.69, 9.17) is 5.73 Å². The van der Waals surface area contributed by atoms with E-state index in [2.05, 4.69) is 62.4 Å². The first-order chi connectivity index (χ1) is 20.3. The first kappa shape index (κ1) is 25.0. The molecule has 2 N–H and O–H groups in total. The Hall–Kier alpha value is -3.49. The maximum Gasteiger partial charge on any atom is 0.195 e. The van der Waals surface area contributed by atoms with Crippen molar-refractivity contribution in [3.05, 3.63) is 104 Å². The molecule has 2 unspecified atom stereocenters. The molecule has 7 heteroatoms. The van der Waals surface area contributed by atoms with Crippen LogP contribution >= 0.6 is 45.8 Å². The highest BCUT2D eigenvalue weighted by Gasteiger charge is 2.48. The van der Waals surface area contributed by atoms with Crippen LogP contribution < -0.4 is 5.73 Å². The second kappa shape index (κ2) is 8.54. The zero-order valence-electron chi connectivity index (χ0n) is 23.0. The number of aryl methyl sites for hydroxylation is 1. The molecule has 0 saturated heterocycles. The number of thiophene rings is 3. The van der Waals surface area contributed by atoms with Crippen LogP contribution in [-0.2, 0) is 0 Å². The summed E-state index contributed by atoms with van der Waals surface area (Å²) in [5.41, 5.74) is 14.4. The summed E-state index contributed by atoms with van der Waals surface area (Å²) in [6.07, 6.45) is 2.16. The predicted octanol–water partition coefficient (Wildman–Crippen LogP) is 10.2. The van der Waals surface area contributed by atoms with Crippen molar-refractivity contribution in [2.45, 2.75) is 26.0 Å². The van der Waals surface area contributed by atoms with Crippen molar-refractivity contribution in [1.29, 1.82) is 0 Å². The molecule has 3 aromatic carbocycles. The highest BCUT2D eigenvalue weighted by molar-refractivity contribution is 8.09. The number of nitrogens with two attached hydrogens (primary N) is 1. The van der Waals surface area contributed by atoms with Crippen molar-refractivity contribution in [3.8, 4) is 20.2 Å². The van der Waals surface area contributed by atoms with Crippen LogP contribution in [0.5, 0.6) is 0 Å². The number of nitrogen functional groups attached to an aromatic ring is 1. The third-order valence-electron chi connectivity index (χ3n) is 8.92. The van der Waals surface area contributed by atoms with E-state index in [0.717, 1.165) is 64.7 Å². The number of ketones is 2. The lowest BCUT2D eigenvalue weighted by molar-refractivity contribution is 0.0959. The lowest BCUT2D eigenvalue weighted by Crippen LogP contribution is -2.07. The topological polar surface area (TPSA) is 60.2 Å². The van der Waals surface area contributed by atoms with E-state index in [-0.39, 0.29) is 22.7 Å². The van der Waals surface area contributed by atoms with Gasteiger partial charge in [-0.3, -0.25) is 9.59 Å². The molecule has 0 radical (unpaired) electrons. The highest BCUT2D eigenvalue weighted by atomic mass is 32.2. The van der Waals surface area contributed by atoms with Gasteiger partial charge in [0, 0.05) is 67.0 Å². The minimum absolute atomic E-state index is 0.00536. The highest BCUT2D eigenvalue weighted by Crippen LogP contribution is 2.61. The van der Waals surface area contributed by atoms with Gasteiger partial charge < -0.3 is 5.73 Å². The van der Waals surface area contributed by atoms with Gasteiger partial charge in [0.2, 0.25) is 0 Å². The maximum atomic E-state index is 14.0. The number of rotatable bonds is 2. The normalized spacial score (nSPS) is 18.6. The second-order valence-electron chi connectivity index (χ2n) is 11.5. The standard InChI is InChI=1S/C35H23NO2S4/c1-14-4-6-22-17(8-14)10-24(39-22)26-12-20-32(37)28-16(3)31-29(15(2)30(28)34(20)41-26)33(38)21-13-27(42-35(21)31)25-11-18-9-19(36)5-7-23(18)40-25/h4-13,21,35H,36H2,1-3H3. The van der Waals surface area contributed by atoms with Crippen molar-refractivity contribution in [1.82, 2.24) is 0 Å². The Bertz CT molecular complexity index is 2280. The summed E-state index contributed by atoms with van der Waals surface area (Å²) >= 11 is 6.96. The zero-order valence-corrected chi connectivity index (χ0v) is 26.2. The van der Waals surface area contributed by atoms with Crippen LogP contribution in [0.15, 0.2) is 60.7 Å². The Morgan fingerprint density at radius 1 is 0.714 bits per heavy atom. The monoisotopic (exact) mass is 617 g/mol. The molecule has 2 aliphatic carbocycles. The summed E-state index contributed by atoms with van der Waals surface area (Å²) in [4.78, 5) is 33.7. The lowest BCUT2D eigenvalue weighted by atomic mass is 9.90. The number of anilines is 1. The van der Waals surface area contributed by atoms with Crippen LogP contribution in [0, 0.1) is 26.7 Å². The number of Topliss-reactive ketones (excluding diaryl/α,β-unsaturated/α-hetero) is 1. The molecule has 3 aliphatic rings. The summed E-state index contributed by atoms with van der Waals surface area (Å²) in [5.74, 6) is 0.0755. The van der Waals surface area contributed by atoms with Gasteiger partial charge in [-0.2, -0.15) is 0 Å². The molecule has 0 spiro atoms. The molecule has 6 aromatic rings. The number of allylic oxidation sites excluding steroid dienone is 1. The molecule has 0 fully saturated rings. The second-order valence-corrected chi connectivity index (χ2v) is 15.9. The van der Waals surface area contributed by atoms with E-state index in [0.29, 0.717) is 0 Å². The van der Waals surface area contributed by atoms with E-state index >= 15 is 0 Å². The number of hydrogen-bond acceptors (Lipinski definition) is 7. The van der Waals surface area contributed by atoms with Gasteiger partial charge in [0.05, 0.1) is 5.92 Å². The number of benzene rings is 3. The fourth-order valence-corrected chi connectivity index (χ4v) is 12.0. The molecule has 3 aromatic heterocycles. The fraction of sp³-hybridized carbons (Fsp3) is 0.143. The Balaban J connectivity index is 1.13. The predicted molar refractivity (Wildman–Crippen MR) is 181 cm³/mol.